The summed E-state index contributed by atoms with van der Waals surface area (Å²) in [6.45, 7) is 7.63. The van der Waals surface area contributed by atoms with Gasteiger partial charge in [-0.25, -0.2) is 9.78 Å². The van der Waals surface area contributed by atoms with Gasteiger partial charge in [-0.3, -0.25) is 4.79 Å². The first-order valence-electron chi connectivity index (χ1n) is 8.14. The molecular formula is C17H23N5O3. The van der Waals surface area contributed by atoms with E-state index in [0.717, 1.165) is 5.82 Å². The van der Waals surface area contributed by atoms with Gasteiger partial charge in [0.25, 0.3) is 0 Å². The van der Waals surface area contributed by atoms with Crippen molar-refractivity contribution >= 4 is 17.8 Å². The van der Waals surface area contributed by atoms with Gasteiger partial charge in [-0.2, -0.15) is 5.26 Å². The number of anilines is 1. The smallest absolute Gasteiger partial charge is 0.408 e. The van der Waals surface area contributed by atoms with Gasteiger partial charge in [0.05, 0.1) is 5.56 Å². The van der Waals surface area contributed by atoms with Crippen molar-refractivity contribution in [2.24, 2.45) is 0 Å². The largest absolute Gasteiger partial charge is 0.444 e. The Morgan fingerprint density at radius 1 is 1.28 bits per heavy atom. The third kappa shape index (κ3) is 5.64. The normalized spacial score (nSPS) is 14.6. The van der Waals surface area contributed by atoms with E-state index in [1.54, 1.807) is 37.8 Å². The Kier molecular flexibility index (Phi) is 5.80. The van der Waals surface area contributed by atoms with Crippen LogP contribution < -0.4 is 10.2 Å². The van der Waals surface area contributed by atoms with E-state index in [4.69, 9.17) is 10.00 Å². The van der Waals surface area contributed by atoms with Gasteiger partial charge in [0.1, 0.15) is 24.0 Å². The summed E-state index contributed by atoms with van der Waals surface area (Å²) in [6.07, 6.45) is 0.943. The number of nitrogens with zero attached hydrogens (tertiary/aromatic N) is 4. The van der Waals surface area contributed by atoms with Crippen molar-refractivity contribution in [2.75, 3.05) is 37.6 Å². The third-order valence-electron chi connectivity index (χ3n) is 3.62. The van der Waals surface area contributed by atoms with Crippen LogP contribution in [-0.2, 0) is 9.53 Å². The van der Waals surface area contributed by atoms with E-state index in [2.05, 4.69) is 15.2 Å². The molecule has 1 aliphatic heterocycles. The summed E-state index contributed by atoms with van der Waals surface area (Å²) in [4.78, 5) is 31.8. The van der Waals surface area contributed by atoms with Crippen LogP contribution in [-0.4, -0.2) is 60.2 Å². The van der Waals surface area contributed by atoms with Crippen LogP contribution in [0.3, 0.4) is 0 Å². The molecule has 1 fully saturated rings. The third-order valence-corrected chi connectivity index (χ3v) is 3.62. The fourth-order valence-electron chi connectivity index (χ4n) is 2.40. The minimum atomic E-state index is -0.596. The number of piperazine rings is 1. The lowest BCUT2D eigenvalue weighted by atomic mass is 10.2. The molecule has 0 saturated carbocycles. The molecule has 0 bridgehead atoms. The monoisotopic (exact) mass is 345 g/mol. The van der Waals surface area contributed by atoms with Crippen molar-refractivity contribution in [3.8, 4) is 6.07 Å². The van der Waals surface area contributed by atoms with Gasteiger partial charge in [-0.1, -0.05) is 0 Å². The molecule has 25 heavy (non-hydrogen) atoms. The molecule has 0 aromatic carbocycles. The van der Waals surface area contributed by atoms with Gasteiger partial charge in [-0.05, 0) is 32.9 Å². The molecule has 134 valence electrons. The minimum absolute atomic E-state index is 0.0793. The Morgan fingerprint density at radius 2 is 1.96 bits per heavy atom. The molecular weight excluding hydrogens is 322 g/mol. The van der Waals surface area contributed by atoms with Crippen molar-refractivity contribution in [3.05, 3.63) is 23.9 Å². The summed E-state index contributed by atoms with van der Waals surface area (Å²) < 4.78 is 5.11. The molecule has 8 heteroatoms. The second kappa shape index (κ2) is 7.83. The molecule has 1 aliphatic rings. The quantitative estimate of drug-likeness (QED) is 0.882. The highest BCUT2D eigenvalue weighted by atomic mass is 16.6. The summed E-state index contributed by atoms with van der Waals surface area (Å²) in [5.41, 5.74) is -0.0712. The molecule has 0 radical (unpaired) electrons. The number of aromatic nitrogens is 1. The van der Waals surface area contributed by atoms with Crippen LogP contribution in [0.1, 0.15) is 26.3 Å². The number of carbonyl (C=O) groups is 2. The molecule has 2 rings (SSSR count). The second-order valence-corrected chi connectivity index (χ2v) is 6.74. The highest BCUT2D eigenvalue weighted by molar-refractivity contribution is 5.82. The number of alkyl carbamates (subject to hydrolysis) is 1. The van der Waals surface area contributed by atoms with E-state index in [0.29, 0.717) is 31.7 Å². The van der Waals surface area contributed by atoms with Crippen LogP contribution in [0.15, 0.2) is 18.3 Å². The Labute approximate surface area is 147 Å². The van der Waals surface area contributed by atoms with Gasteiger partial charge in [0.2, 0.25) is 5.91 Å². The van der Waals surface area contributed by atoms with Gasteiger partial charge in [-0.15, -0.1) is 0 Å². The van der Waals surface area contributed by atoms with E-state index >= 15 is 0 Å². The molecule has 8 nitrogen and oxygen atoms in total. The van der Waals surface area contributed by atoms with Crippen LogP contribution in [0.2, 0.25) is 0 Å². The number of carbonyl (C=O) groups excluding carboxylic acids is 2. The number of pyridine rings is 1. The fourth-order valence-corrected chi connectivity index (χ4v) is 2.40. The lowest BCUT2D eigenvalue weighted by Gasteiger charge is -2.35. The molecule has 2 amide bonds. The molecule has 1 aromatic rings. The number of ether oxygens (including phenoxy) is 1. The van der Waals surface area contributed by atoms with E-state index < -0.39 is 11.7 Å². The minimum Gasteiger partial charge on any atom is -0.444 e. The van der Waals surface area contributed by atoms with Crippen molar-refractivity contribution < 1.29 is 14.3 Å². The summed E-state index contributed by atoms with van der Waals surface area (Å²) >= 11 is 0. The molecule has 1 saturated heterocycles. The Bertz CT molecular complexity index is 652. The number of hydrogen-bond acceptors (Lipinski definition) is 6. The SMILES string of the molecule is CC(C)(C)OC(=O)NCC(=O)N1CCN(c2ccc(C#N)cn2)CC1. The lowest BCUT2D eigenvalue weighted by Crippen LogP contribution is -2.51. The van der Waals surface area contributed by atoms with E-state index in [1.807, 2.05) is 6.07 Å². The summed E-state index contributed by atoms with van der Waals surface area (Å²) in [6, 6.07) is 5.57. The zero-order valence-corrected chi connectivity index (χ0v) is 14.8. The number of nitrogens with one attached hydrogen (secondary N) is 1. The number of nitriles is 1. The predicted molar refractivity (Wildman–Crippen MR) is 92.0 cm³/mol. The average molecular weight is 345 g/mol. The predicted octanol–water partition coefficient (Wildman–Crippen LogP) is 1.13. The number of hydrogen-bond donors (Lipinski definition) is 1. The van der Waals surface area contributed by atoms with Crippen LogP contribution >= 0.6 is 0 Å². The number of amides is 2. The Hall–Kier alpha value is -2.82. The molecule has 2 heterocycles. The Morgan fingerprint density at radius 3 is 2.48 bits per heavy atom. The van der Waals surface area contributed by atoms with Crippen LogP contribution in [0, 0.1) is 11.3 Å². The van der Waals surface area contributed by atoms with Crippen LogP contribution in [0.5, 0.6) is 0 Å². The maximum Gasteiger partial charge on any atom is 0.408 e. The molecule has 1 N–H and O–H groups in total. The fraction of sp³-hybridized carbons (Fsp3) is 0.529. The van der Waals surface area contributed by atoms with Gasteiger partial charge in [0, 0.05) is 32.4 Å². The first-order valence-corrected chi connectivity index (χ1v) is 8.14. The molecule has 0 aliphatic carbocycles. The first-order chi connectivity index (χ1) is 11.8. The highest BCUT2D eigenvalue weighted by Gasteiger charge is 2.23. The van der Waals surface area contributed by atoms with Gasteiger partial charge >= 0.3 is 6.09 Å². The second-order valence-electron chi connectivity index (χ2n) is 6.74. The molecule has 0 spiro atoms. The number of rotatable bonds is 3. The standard InChI is InChI=1S/C17H23N5O3/c1-17(2,3)25-16(24)20-12-15(23)22-8-6-21(7-9-22)14-5-4-13(10-18)11-19-14/h4-5,11H,6-9,12H2,1-3H3,(H,20,24). The molecule has 1 aromatic heterocycles. The lowest BCUT2D eigenvalue weighted by molar-refractivity contribution is -0.130. The van der Waals surface area contributed by atoms with E-state index in [-0.39, 0.29) is 12.5 Å². The first kappa shape index (κ1) is 18.5. The zero-order valence-electron chi connectivity index (χ0n) is 14.8. The highest BCUT2D eigenvalue weighted by Crippen LogP contribution is 2.14. The van der Waals surface area contributed by atoms with E-state index in [9.17, 15) is 9.59 Å². The zero-order chi connectivity index (χ0) is 18.4. The maximum absolute atomic E-state index is 12.2. The van der Waals surface area contributed by atoms with Crippen LogP contribution in [0.4, 0.5) is 10.6 Å². The summed E-state index contributed by atoms with van der Waals surface area (Å²) in [5.74, 6) is 0.649. The van der Waals surface area contributed by atoms with Gasteiger partial charge in [0.15, 0.2) is 0 Å². The molecule has 0 atom stereocenters. The van der Waals surface area contributed by atoms with E-state index in [1.165, 1.54) is 6.20 Å². The van der Waals surface area contributed by atoms with Crippen molar-refractivity contribution in [2.45, 2.75) is 26.4 Å². The molecule has 0 unspecified atom stereocenters. The van der Waals surface area contributed by atoms with Crippen molar-refractivity contribution in [1.82, 2.24) is 15.2 Å². The summed E-state index contributed by atoms with van der Waals surface area (Å²) in [7, 11) is 0. The topological polar surface area (TPSA) is 98.6 Å². The van der Waals surface area contributed by atoms with Gasteiger partial charge < -0.3 is 19.9 Å². The van der Waals surface area contributed by atoms with Crippen LogP contribution in [0.25, 0.3) is 0 Å². The van der Waals surface area contributed by atoms with Crippen molar-refractivity contribution in [1.29, 1.82) is 5.26 Å². The maximum atomic E-state index is 12.2. The van der Waals surface area contributed by atoms with Crippen molar-refractivity contribution in [3.63, 3.8) is 0 Å². The Balaban J connectivity index is 1.78. The summed E-state index contributed by atoms with van der Waals surface area (Å²) in [5, 5.41) is 11.3. The average Bonchev–Trinajstić information content (AvgIpc) is 2.58.